The molecule has 3 aromatic heterocycles. The molecule has 0 aliphatic heterocycles. The Balaban J connectivity index is 1.27. The summed E-state index contributed by atoms with van der Waals surface area (Å²) in [7, 11) is -3.69. The number of imidazole rings is 1. The normalized spacial score (nSPS) is 11.7. The van der Waals surface area contributed by atoms with Crippen molar-refractivity contribution >= 4 is 49.3 Å². The van der Waals surface area contributed by atoms with E-state index >= 15 is 0 Å². The van der Waals surface area contributed by atoms with E-state index in [0.29, 0.717) is 16.6 Å². The minimum atomic E-state index is -3.69. The van der Waals surface area contributed by atoms with Crippen LogP contribution in [-0.2, 0) is 15.8 Å². The molecule has 0 amide bonds. The molecule has 5 rings (SSSR count). The Morgan fingerprint density at radius 3 is 2.74 bits per heavy atom. The molecule has 3 heterocycles. The third kappa shape index (κ3) is 4.31. The van der Waals surface area contributed by atoms with Gasteiger partial charge in [0.2, 0.25) is 0 Å². The average molecular weight is 470 g/mol. The summed E-state index contributed by atoms with van der Waals surface area (Å²) in [6.45, 7) is 0. The van der Waals surface area contributed by atoms with Gasteiger partial charge < -0.3 is 4.98 Å². The van der Waals surface area contributed by atoms with Crippen LogP contribution >= 0.6 is 23.1 Å². The predicted molar refractivity (Wildman–Crippen MR) is 120 cm³/mol. The lowest BCUT2D eigenvalue weighted by Crippen LogP contribution is -2.12. The summed E-state index contributed by atoms with van der Waals surface area (Å²) >= 11 is 2.76. The maximum atomic E-state index is 12.4. The van der Waals surface area contributed by atoms with Gasteiger partial charge in [-0.25, -0.2) is 23.1 Å². The fourth-order valence-electron chi connectivity index (χ4n) is 2.86. The first-order valence-corrected chi connectivity index (χ1v) is 12.4. The highest BCUT2D eigenvalue weighted by Crippen LogP contribution is 2.23. The lowest BCUT2D eigenvalue weighted by molar-refractivity contribution is 0.601. The number of H-pyrrole nitrogens is 1. The molecule has 0 atom stereocenters. The second-order valence-electron chi connectivity index (χ2n) is 6.44. The highest BCUT2D eigenvalue weighted by Gasteiger charge is 2.16. The van der Waals surface area contributed by atoms with Crippen LogP contribution in [0, 0.1) is 0 Å². The first-order valence-electron chi connectivity index (χ1n) is 9.08. The van der Waals surface area contributed by atoms with E-state index in [1.54, 1.807) is 40.2 Å². The molecule has 0 aliphatic carbocycles. The molecule has 0 fully saturated rings. The van der Waals surface area contributed by atoms with Gasteiger partial charge in [-0.15, -0.1) is 16.4 Å². The Hall–Kier alpha value is -3.22. The minimum Gasteiger partial charge on any atom is -0.333 e. The molecule has 0 unspecified atom stereocenters. The average Bonchev–Trinajstić information content (AvgIpc) is 3.52. The Morgan fingerprint density at radius 2 is 1.97 bits per heavy atom. The van der Waals surface area contributed by atoms with E-state index in [1.165, 1.54) is 23.5 Å². The molecule has 5 aromatic rings. The summed E-state index contributed by atoms with van der Waals surface area (Å²) in [6.07, 6.45) is 3.35. The molecule has 31 heavy (non-hydrogen) atoms. The Kier molecular flexibility index (Phi) is 5.18. The number of fused-ring (bicyclic) bond motifs is 1. The van der Waals surface area contributed by atoms with Crippen LogP contribution in [0.4, 0.5) is 5.13 Å². The van der Waals surface area contributed by atoms with Gasteiger partial charge in [-0.3, -0.25) is 4.72 Å². The zero-order valence-corrected chi connectivity index (χ0v) is 18.3. The van der Waals surface area contributed by atoms with Crippen molar-refractivity contribution in [1.29, 1.82) is 0 Å². The lowest BCUT2D eigenvalue weighted by atomic mass is 10.3. The van der Waals surface area contributed by atoms with Crippen molar-refractivity contribution in [3.05, 3.63) is 72.0 Å². The molecular weight excluding hydrogens is 454 g/mol. The quantitative estimate of drug-likeness (QED) is 0.349. The first-order chi connectivity index (χ1) is 15.1. The van der Waals surface area contributed by atoms with Gasteiger partial charge in [0, 0.05) is 17.3 Å². The van der Waals surface area contributed by atoms with Crippen molar-refractivity contribution in [3.63, 3.8) is 0 Å². The van der Waals surface area contributed by atoms with E-state index in [0.717, 1.165) is 21.9 Å². The molecule has 0 spiro atoms. The summed E-state index contributed by atoms with van der Waals surface area (Å²) in [5, 5.41) is 11.2. The highest BCUT2D eigenvalue weighted by molar-refractivity contribution is 7.98. The Morgan fingerprint density at radius 1 is 1.13 bits per heavy atom. The fourth-order valence-corrected chi connectivity index (χ4v) is 5.41. The van der Waals surface area contributed by atoms with Crippen LogP contribution in [0.5, 0.6) is 0 Å². The Bertz CT molecular complexity index is 1390. The van der Waals surface area contributed by atoms with Gasteiger partial charge in [-0.1, -0.05) is 29.1 Å². The maximum Gasteiger partial charge on any atom is 0.263 e. The molecule has 156 valence electrons. The number of nitrogens with zero attached hydrogens (tertiary/aromatic N) is 5. The van der Waals surface area contributed by atoms with E-state index in [9.17, 15) is 8.42 Å². The van der Waals surface area contributed by atoms with Crippen molar-refractivity contribution < 1.29 is 8.42 Å². The van der Waals surface area contributed by atoms with Crippen molar-refractivity contribution in [2.45, 2.75) is 15.8 Å². The van der Waals surface area contributed by atoms with Crippen molar-refractivity contribution in [2.75, 3.05) is 4.72 Å². The topological polar surface area (TPSA) is 118 Å². The third-order valence-electron chi connectivity index (χ3n) is 4.33. The van der Waals surface area contributed by atoms with Crippen LogP contribution < -0.4 is 4.72 Å². The summed E-state index contributed by atoms with van der Waals surface area (Å²) in [6, 6.07) is 14.3. The van der Waals surface area contributed by atoms with Gasteiger partial charge in [0.15, 0.2) is 10.3 Å². The highest BCUT2D eigenvalue weighted by atomic mass is 32.2. The van der Waals surface area contributed by atoms with Crippen LogP contribution in [0.2, 0.25) is 0 Å². The number of hydrogen-bond donors (Lipinski definition) is 2. The van der Waals surface area contributed by atoms with Gasteiger partial charge in [-0.05, 0) is 36.4 Å². The van der Waals surface area contributed by atoms with E-state index < -0.39 is 10.0 Å². The van der Waals surface area contributed by atoms with Crippen LogP contribution in [0.25, 0.3) is 16.7 Å². The maximum absolute atomic E-state index is 12.4. The minimum absolute atomic E-state index is 0.146. The zero-order chi connectivity index (χ0) is 21.3. The largest absolute Gasteiger partial charge is 0.333 e. The summed E-state index contributed by atoms with van der Waals surface area (Å²) in [5.41, 5.74) is 3.41. The molecule has 0 aliphatic rings. The van der Waals surface area contributed by atoms with Gasteiger partial charge in [0.1, 0.15) is 0 Å². The Labute approximate surface area is 185 Å². The first kappa shape index (κ1) is 19.7. The fraction of sp³-hybridized carbons (Fsp3) is 0.0526. The van der Waals surface area contributed by atoms with Gasteiger partial charge in [0.25, 0.3) is 10.0 Å². The number of anilines is 1. The van der Waals surface area contributed by atoms with Gasteiger partial charge >= 0.3 is 0 Å². The van der Waals surface area contributed by atoms with Crippen LogP contribution in [0.15, 0.2) is 76.4 Å². The lowest BCUT2D eigenvalue weighted by Gasteiger charge is -2.06. The monoisotopic (exact) mass is 469 g/mol. The molecule has 9 nitrogen and oxygen atoms in total. The molecule has 12 heteroatoms. The number of rotatable bonds is 7. The number of benzene rings is 2. The number of aromatic nitrogens is 6. The SMILES string of the molecule is O=S(=O)(Nc1nccs1)c1ccc(-n2cc(CSc3nc4ccccc4[nH]3)nn2)cc1. The summed E-state index contributed by atoms with van der Waals surface area (Å²) in [4.78, 5) is 11.9. The van der Waals surface area contributed by atoms with Gasteiger partial charge in [-0.2, -0.15) is 0 Å². The van der Waals surface area contributed by atoms with Crippen molar-refractivity contribution in [2.24, 2.45) is 0 Å². The molecule has 2 N–H and O–H groups in total. The standard InChI is InChI=1S/C19H15N7O2S3/c27-31(28,24-18-20-9-10-29-18)15-7-5-14(6-8-15)26-11-13(23-25-26)12-30-19-21-16-3-1-2-4-17(16)22-19/h1-11H,12H2,(H,20,24)(H,21,22). The zero-order valence-electron chi connectivity index (χ0n) is 15.8. The van der Waals surface area contributed by atoms with E-state index in [4.69, 9.17) is 0 Å². The van der Waals surface area contributed by atoms with Crippen LogP contribution in [-0.4, -0.2) is 38.4 Å². The number of nitrogens with one attached hydrogen (secondary N) is 2. The third-order valence-corrected chi connectivity index (χ3v) is 7.41. The van der Waals surface area contributed by atoms with Crippen molar-refractivity contribution in [3.8, 4) is 5.69 Å². The number of thiazole rings is 1. The van der Waals surface area contributed by atoms with E-state index in [2.05, 4.69) is 30.0 Å². The van der Waals surface area contributed by atoms with Gasteiger partial charge in [0.05, 0.1) is 33.5 Å². The number of thioether (sulfide) groups is 1. The molecule has 0 saturated heterocycles. The summed E-state index contributed by atoms with van der Waals surface area (Å²) in [5.74, 6) is 0.601. The van der Waals surface area contributed by atoms with Crippen molar-refractivity contribution in [1.82, 2.24) is 29.9 Å². The molecule has 2 aromatic carbocycles. The number of para-hydroxylation sites is 2. The second kappa shape index (κ2) is 8.13. The number of aromatic amines is 1. The van der Waals surface area contributed by atoms with E-state index in [-0.39, 0.29) is 4.90 Å². The molecular formula is C19H15N7O2S3. The summed E-state index contributed by atoms with van der Waals surface area (Å²) < 4.78 is 29.0. The molecule has 0 bridgehead atoms. The number of hydrogen-bond acceptors (Lipinski definition) is 8. The van der Waals surface area contributed by atoms with Crippen LogP contribution in [0.3, 0.4) is 0 Å². The smallest absolute Gasteiger partial charge is 0.263 e. The second-order valence-corrected chi connectivity index (χ2v) is 9.98. The predicted octanol–water partition coefficient (Wildman–Crippen LogP) is 3.69. The molecule has 0 saturated carbocycles. The van der Waals surface area contributed by atoms with Crippen LogP contribution in [0.1, 0.15) is 5.69 Å². The number of sulfonamides is 1. The molecule has 0 radical (unpaired) electrons. The van der Waals surface area contributed by atoms with E-state index in [1.807, 2.05) is 30.5 Å².